The number of hydrogen-bond acceptors (Lipinski definition) is 4. The molecule has 0 aliphatic carbocycles. The quantitative estimate of drug-likeness (QED) is 0.592. The summed E-state index contributed by atoms with van der Waals surface area (Å²) in [6.07, 6.45) is 3.37. The maximum absolute atomic E-state index is 12.2. The lowest BCUT2D eigenvalue weighted by molar-refractivity contribution is 0.0735. The first-order valence-electron chi connectivity index (χ1n) is 6.73. The molecule has 0 aliphatic heterocycles. The van der Waals surface area contributed by atoms with Crippen molar-refractivity contribution in [1.82, 2.24) is 9.97 Å². The van der Waals surface area contributed by atoms with Crippen molar-refractivity contribution in [3.05, 3.63) is 66.5 Å². The molecule has 0 fully saturated rings. The average Bonchev–Trinajstić information content (AvgIpc) is 3.10. The first-order chi connectivity index (χ1) is 10.8. The first kappa shape index (κ1) is 13.9. The van der Waals surface area contributed by atoms with E-state index in [2.05, 4.69) is 9.97 Å². The topological polar surface area (TPSA) is 64.2 Å². The van der Waals surface area contributed by atoms with Crippen molar-refractivity contribution in [3.63, 3.8) is 0 Å². The number of methoxy groups -OCH3 is 1. The second kappa shape index (κ2) is 6.13. The highest BCUT2D eigenvalue weighted by Crippen LogP contribution is 2.27. The second-order valence-corrected chi connectivity index (χ2v) is 4.55. The average molecular weight is 294 g/mol. The molecule has 0 aliphatic rings. The minimum Gasteiger partial charge on any atom is -0.497 e. The van der Waals surface area contributed by atoms with Gasteiger partial charge in [0.05, 0.1) is 18.2 Å². The number of nitrogens with zero attached hydrogens (tertiary/aromatic N) is 1. The number of para-hydroxylation sites is 1. The molecule has 0 radical (unpaired) electrons. The molecule has 0 saturated heterocycles. The summed E-state index contributed by atoms with van der Waals surface area (Å²) in [5.74, 6) is 1.37. The zero-order valence-electron chi connectivity index (χ0n) is 11.9. The van der Waals surface area contributed by atoms with Gasteiger partial charge in [-0.3, -0.25) is 0 Å². The molecule has 0 saturated carbocycles. The van der Waals surface area contributed by atoms with E-state index in [0.717, 1.165) is 5.56 Å². The van der Waals surface area contributed by atoms with Crippen LogP contribution >= 0.6 is 0 Å². The fourth-order valence-corrected chi connectivity index (χ4v) is 2.05. The number of nitrogens with one attached hydrogen (secondary N) is 1. The van der Waals surface area contributed by atoms with Crippen molar-refractivity contribution in [1.29, 1.82) is 0 Å². The summed E-state index contributed by atoms with van der Waals surface area (Å²) in [7, 11) is 1.58. The number of rotatable bonds is 4. The number of imidazole rings is 1. The fourth-order valence-electron chi connectivity index (χ4n) is 2.05. The van der Waals surface area contributed by atoms with E-state index >= 15 is 0 Å². The van der Waals surface area contributed by atoms with Crippen molar-refractivity contribution in [2.75, 3.05) is 7.11 Å². The van der Waals surface area contributed by atoms with Crippen molar-refractivity contribution in [2.24, 2.45) is 0 Å². The van der Waals surface area contributed by atoms with Gasteiger partial charge in [0.2, 0.25) is 0 Å². The van der Waals surface area contributed by atoms with E-state index in [1.807, 2.05) is 18.2 Å². The predicted octanol–water partition coefficient (Wildman–Crippen LogP) is 3.30. The highest BCUT2D eigenvalue weighted by Gasteiger charge is 2.13. The summed E-state index contributed by atoms with van der Waals surface area (Å²) in [5.41, 5.74) is 1.18. The van der Waals surface area contributed by atoms with Gasteiger partial charge in [-0.05, 0) is 36.4 Å². The van der Waals surface area contributed by atoms with Crippen molar-refractivity contribution in [2.45, 2.75) is 0 Å². The van der Waals surface area contributed by atoms with Crippen molar-refractivity contribution < 1.29 is 14.3 Å². The molecule has 0 amide bonds. The van der Waals surface area contributed by atoms with Gasteiger partial charge in [0.1, 0.15) is 17.3 Å². The smallest absolute Gasteiger partial charge is 0.343 e. The van der Waals surface area contributed by atoms with Crippen LogP contribution in [-0.4, -0.2) is 23.0 Å². The molecule has 2 aromatic carbocycles. The highest BCUT2D eigenvalue weighted by atomic mass is 16.5. The van der Waals surface area contributed by atoms with Gasteiger partial charge in [-0.1, -0.05) is 12.1 Å². The molecule has 110 valence electrons. The summed E-state index contributed by atoms with van der Waals surface area (Å²) in [4.78, 5) is 19.4. The Kier molecular flexibility index (Phi) is 3.87. The van der Waals surface area contributed by atoms with Gasteiger partial charge in [0, 0.05) is 12.4 Å². The number of benzene rings is 2. The first-order valence-corrected chi connectivity index (χ1v) is 6.73. The van der Waals surface area contributed by atoms with Gasteiger partial charge in [-0.15, -0.1) is 0 Å². The highest BCUT2D eigenvalue weighted by molar-refractivity contribution is 5.92. The Hall–Kier alpha value is -3.08. The molecule has 1 N–H and O–H groups in total. The van der Waals surface area contributed by atoms with Crippen molar-refractivity contribution in [3.8, 4) is 22.9 Å². The van der Waals surface area contributed by atoms with E-state index in [-0.39, 0.29) is 0 Å². The number of esters is 1. The molecular weight excluding hydrogens is 280 g/mol. The molecule has 5 nitrogen and oxygen atoms in total. The third kappa shape index (κ3) is 2.83. The molecule has 5 heteroatoms. The Bertz CT molecular complexity index is 765. The lowest BCUT2D eigenvalue weighted by Gasteiger charge is -2.08. The van der Waals surface area contributed by atoms with Crippen LogP contribution in [0.4, 0.5) is 0 Å². The van der Waals surface area contributed by atoms with Crippen LogP contribution in [0.5, 0.6) is 11.5 Å². The summed E-state index contributed by atoms with van der Waals surface area (Å²) >= 11 is 0. The van der Waals surface area contributed by atoms with Crippen LogP contribution in [0.1, 0.15) is 10.4 Å². The number of carbonyl (C=O) groups is 1. The van der Waals surface area contributed by atoms with Gasteiger partial charge >= 0.3 is 5.97 Å². The zero-order chi connectivity index (χ0) is 15.4. The molecule has 22 heavy (non-hydrogen) atoms. The second-order valence-electron chi connectivity index (χ2n) is 4.55. The number of hydrogen-bond donors (Lipinski definition) is 1. The SMILES string of the molecule is COc1ccc(C(=O)Oc2ccccc2-c2ncc[nH]2)cc1. The Morgan fingerprint density at radius 1 is 1.09 bits per heavy atom. The summed E-state index contributed by atoms with van der Waals surface area (Å²) in [6.45, 7) is 0. The summed E-state index contributed by atoms with van der Waals surface area (Å²) in [6, 6.07) is 14.0. The largest absolute Gasteiger partial charge is 0.497 e. The molecular formula is C17H14N2O3. The van der Waals surface area contributed by atoms with Crippen LogP contribution in [0.2, 0.25) is 0 Å². The van der Waals surface area contributed by atoms with Crippen LogP contribution in [0, 0.1) is 0 Å². The minimum atomic E-state index is -0.429. The third-order valence-electron chi connectivity index (χ3n) is 3.17. The maximum Gasteiger partial charge on any atom is 0.343 e. The lowest BCUT2D eigenvalue weighted by Crippen LogP contribution is -2.09. The van der Waals surface area contributed by atoms with E-state index in [1.54, 1.807) is 49.8 Å². The molecule has 1 aromatic heterocycles. The normalized spacial score (nSPS) is 10.2. The van der Waals surface area contributed by atoms with Crippen LogP contribution < -0.4 is 9.47 Å². The maximum atomic E-state index is 12.2. The number of aromatic nitrogens is 2. The lowest BCUT2D eigenvalue weighted by atomic mass is 10.2. The Morgan fingerprint density at radius 2 is 1.86 bits per heavy atom. The third-order valence-corrected chi connectivity index (χ3v) is 3.17. The number of H-pyrrole nitrogens is 1. The van der Waals surface area contributed by atoms with Gasteiger partial charge < -0.3 is 14.5 Å². The standard InChI is InChI=1S/C17H14N2O3/c1-21-13-8-6-12(7-9-13)17(20)22-15-5-3-2-4-14(15)16-18-10-11-19-16/h2-11H,1H3,(H,18,19). The fraction of sp³-hybridized carbons (Fsp3) is 0.0588. The van der Waals surface area contributed by atoms with E-state index in [4.69, 9.17) is 9.47 Å². The summed E-state index contributed by atoms with van der Waals surface area (Å²) < 4.78 is 10.6. The zero-order valence-corrected chi connectivity index (χ0v) is 11.9. The van der Waals surface area contributed by atoms with Crippen molar-refractivity contribution >= 4 is 5.97 Å². The van der Waals surface area contributed by atoms with E-state index < -0.39 is 5.97 Å². The van der Waals surface area contributed by atoms with E-state index in [1.165, 1.54) is 0 Å². The molecule has 3 rings (SSSR count). The van der Waals surface area contributed by atoms with E-state index in [0.29, 0.717) is 22.9 Å². The number of aromatic amines is 1. The van der Waals surface area contributed by atoms with Crippen LogP contribution in [0.3, 0.4) is 0 Å². The number of carbonyl (C=O) groups excluding carboxylic acids is 1. The Labute approximate surface area is 127 Å². The molecule has 3 aromatic rings. The Balaban J connectivity index is 1.85. The minimum absolute atomic E-state index is 0.429. The summed E-state index contributed by atoms with van der Waals surface area (Å²) in [5, 5.41) is 0. The van der Waals surface area contributed by atoms with Gasteiger partial charge in [-0.2, -0.15) is 0 Å². The van der Waals surface area contributed by atoms with Gasteiger partial charge in [0.25, 0.3) is 0 Å². The van der Waals surface area contributed by atoms with Gasteiger partial charge in [-0.25, -0.2) is 9.78 Å². The van der Waals surface area contributed by atoms with Crippen LogP contribution in [0.25, 0.3) is 11.4 Å². The Morgan fingerprint density at radius 3 is 2.55 bits per heavy atom. The molecule has 0 unspecified atom stereocenters. The molecule has 0 bridgehead atoms. The van der Waals surface area contributed by atoms with Gasteiger partial charge in [0.15, 0.2) is 0 Å². The van der Waals surface area contributed by atoms with Crippen LogP contribution in [-0.2, 0) is 0 Å². The van der Waals surface area contributed by atoms with Crippen LogP contribution in [0.15, 0.2) is 60.9 Å². The monoisotopic (exact) mass is 294 g/mol. The number of ether oxygens (including phenoxy) is 2. The molecule has 1 heterocycles. The van der Waals surface area contributed by atoms with E-state index in [9.17, 15) is 4.79 Å². The predicted molar refractivity (Wildman–Crippen MR) is 82.0 cm³/mol. The molecule has 0 atom stereocenters. The molecule has 0 spiro atoms.